The van der Waals surface area contributed by atoms with Crippen molar-refractivity contribution >= 4 is 0 Å². The Labute approximate surface area is 78.5 Å². The van der Waals surface area contributed by atoms with Crippen molar-refractivity contribution < 1.29 is 14.2 Å². The van der Waals surface area contributed by atoms with Crippen molar-refractivity contribution in [1.29, 1.82) is 0 Å². The van der Waals surface area contributed by atoms with Crippen LogP contribution in [-0.2, 0) is 4.74 Å². The molecule has 0 aromatic rings. The molecule has 1 heterocycles. The minimum Gasteiger partial charge on any atom is -0.394 e. The minimum absolute atomic E-state index is 0.00617. The van der Waals surface area contributed by atoms with Gasteiger partial charge in [0.25, 0.3) is 0 Å². The van der Waals surface area contributed by atoms with E-state index < -0.39 is 0 Å². The molecule has 0 aromatic carbocycles. The molecule has 1 rings (SSSR count). The van der Waals surface area contributed by atoms with E-state index in [1.807, 2.05) is 18.7 Å². The highest BCUT2D eigenvalue weighted by molar-refractivity contribution is 4.83. The number of ether oxygens (including phenoxy) is 1. The van der Waals surface area contributed by atoms with E-state index in [0.717, 1.165) is 6.54 Å². The molecule has 0 spiro atoms. The normalized spacial score (nSPS) is 29.1. The molecule has 1 fully saturated rings. The van der Waals surface area contributed by atoms with Crippen LogP contribution in [0.25, 0.3) is 0 Å². The molecule has 4 heteroatoms. The first-order valence-corrected chi connectivity index (χ1v) is 4.64. The number of morpholine rings is 1. The van der Waals surface area contributed by atoms with Gasteiger partial charge in [0.15, 0.2) is 0 Å². The summed E-state index contributed by atoms with van der Waals surface area (Å²) in [4.78, 5) is 1.99. The Morgan fingerprint density at radius 1 is 1.62 bits per heavy atom. The van der Waals surface area contributed by atoms with Crippen LogP contribution in [-0.4, -0.2) is 54.6 Å². The van der Waals surface area contributed by atoms with E-state index in [9.17, 15) is 4.39 Å². The van der Waals surface area contributed by atoms with E-state index in [1.54, 1.807) is 0 Å². The molecule has 0 radical (unpaired) electrons. The molecule has 1 unspecified atom stereocenters. The van der Waals surface area contributed by atoms with Gasteiger partial charge >= 0.3 is 0 Å². The molecule has 0 saturated carbocycles. The Morgan fingerprint density at radius 2 is 2.31 bits per heavy atom. The molecule has 0 bridgehead atoms. The summed E-state index contributed by atoms with van der Waals surface area (Å²) in [6.07, 6.45) is -0.171. The quantitative estimate of drug-likeness (QED) is 0.702. The third-order valence-electron chi connectivity index (χ3n) is 2.16. The number of hydrogen-bond donors (Lipinski definition) is 1. The summed E-state index contributed by atoms with van der Waals surface area (Å²) < 4.78 is 17.7. The van der Waals surface area contributed by atoms with E-state index in [4.69, 9.17) is 9.84 Å². The summed E-state index contributed by atoms with van der Waals surface area (Å²) in [5.74, 6) is 0. The number of rotatable bonds is 3. The maximum Gasteiger partial charge on any atom is 0.102 e. The highest BCUT2D eigenvalue weighted by Gasteiger charge is 2.32. The van der Waals surface area contributed by atoms with Crippen LogP contribution in [0.1, 0.15) is 13.8 Å². The predicted octanol–water partition coefficient (Wildman–Crippen LogP) is 0.428. The zero-order chi connectivity index (χ0) is 9.90. The third-order valence-corrected chi connectivity index (χ3v) is 2.16. The zero-order valence-corrected chi connectivity index (χ0v) is 8.29. The lowest BCUT2D eigenvalue weighted by Gasteiger charge is -2.41. The Morgan fingerprint density at radius 3 is 2.85 bits per heavy atom. The molecule has 78 valence electrons. The van der Waals surface area contributed by atoms with Crippen LogP contribution in [0.5, 0.6) is 0 Å². The first-order chi connectivity index (χ1) is 6.07. The number of alkyl halides is 1. The lowest BCUT2D eigenvalue weighted by Crippen LogP contribution is -2.54. The molecule has 1 saturated heterocycles. The van der Waals surface area contributed by atoms with Crippen LogP contribution >= 0.6 is 0 Å². The van der Waals surface area contributed by atoms with Gasteiger partial charge in [0.05, 0.1) is 18.3 Å². The molecule has 0 amide bonds. The predicted molar refractivity (Wildman–Crippen MR) is 48.5 cm³/mol. The van der Waals surface area contributed by atoms with Gasteiger partial charge in [-0.25, -0.2) is 4.39 Å². The molecule has 1 aliphatic rings. The first-order valence-electron chi connectivity index (χ1n) is 4.64. The van der Waals surface area contributed by atoms with E-state index in [0.29, 0.717) is 13.1 Å². The first kappa shape index (κ1) is 10.9. The monoisotopic (exact) mass is 191 g/mol. The molecule has 0 aromatic heterocycles. The number of halogens is 1. The van der Waals surface area contributed by atoms with Crippen molar-refractivity contribution in [2.75, 3.05) is 32.9 Å². The van der Waals surface area contributed by atoms with E-state index in [1.165, 1.54) is 0 Å². The van der Waals surface area contributed by atoms with Crippen LogP contribution < -0.4 is 0 Å². The fourth-order valence-electron chi connectivity index (χ4n) is 1.80. The second kappa shape index (κ2) is 4.35. The van der Waals surface area contributed by atoms with Crippen molar-refractivity contribution in [2.24, 2.45) is 0 Å². The lowest BCUT2D eigenvalue weighted by atomic mass is 10.1. The summed E-state index contributed by atoms with van der Waals surface area (Å²) in [5.41, 5.74) is -0.277. The van der Waals surface area contributed by atoms with Gasteiger partial charge in [-0.15, -0.1) is 0 Å². The summed E-state index contributed by atoms with van der Waals surface area (Å²) >= 11 is 0. The lowest BCUT2D eigenvalue weighted by molar-refractivity contribution is -0.149. The Bertz CT molecular complexity index is 164. The van der Waals surface area contributed by atoms with E-state index in [-0.39, 0.29) is 25.0 Å². The Hall–Kier alpha value is -0.190. The topological polar surface area (TPSA) is 32.7 Å². The fourth-order valence-corrected chi connectivity index (χ4v) is 1.80. The summed E-state index contributed by atoms with van der Waals surface area (Å²) in [7, 11) is 0. The smallest absolute Gasteiger partial charge is 0.102 e. The van der Waals surface area contributed by atoms with Gasteiger partial charge in [-0.2, -0.15) is 0 Å². The van der Waals surface area contributed by atoms with Crippen LogP contribution in [0.2, 0.25) is 0 Å². The van der Waals surface area contributed by atoms with Crippen molar-refractivity contribution in [3.8, 4) is 0 Å². The molecular formula is C9H18FNO2. The molecule has 1 atom stereocenters. The van der Waals surface area contributed by atoms with Gasteiger partial charge in [0.2, 0.25) is 0 Å². The molecule has 1 N–H and O–H groups in total. The zero-order valence-electron chi connectivity index (χ0n) is 8.29. The van der Waals surface area contributed by atoms with Gasteiger partial charge in [-0.1, -0.05) is 0 Å². The highest BCUT2D eigenvalue weighted by Crippen LogP contribution is 2.20. The molecule has 3 nitrogen and oxygen atoms in total. The largest absolute Gasteiger partial charge is 0.394 e. The molecule has 13 heavy (non-hydrogen) atoms. The van der Waals surface area contributed by atoms with Gasteiger partial charge in [-0.3, -0.25) is 4.90 Å². The maximum atomic E-state index is 12.1. The fraction of sp³-hybridized carbons (Fsp3) is 1.00. The Balaban J connectivity index is 2.49. The number of aliphatic hydroxyl groups is 1. The van der Waals surface area contributed by atoms with Crippen molar-refractivity contribution in [3.63, 3.8) is 0 Å². The van der Waals surface area contributed by atoms with Crippen molar-refractivity contribution in [2.45, 2.75) is 25.6 Å². The summed E-state index contributed by atoms with van der Waals surface area (Å²) in [6.45, 7) is 5.38. The summed E-state index contributed by atoms with van der Waals surface area (Å²) in [6, 6.07) is 0. The second-order valence-corrected chi connectivity index (χ2v) is 4.11. The maximum absolute atomic E-state index is 12.1. The standard InChI is InChI=1S/C9H18FNO2/c1-9(2)7-11(4-3-10)5-8(6-12)13-9/h8,12H,3-7H2,1-2H3. The van der Waals surface area contributed by atoms with Gasteiger partial charge in [0, 0.05) is 19.6 Å². The third kappa shape index (κ3) is 3.21. The van der Waals surface area contributed by atoms with Gasteiger partial charge < -0.3 is 9.84 Å². The van der Waals surface area contributed by atoms with Crippen LogP contribution in [0.4, 0.5) is 4.39 Å². The number of hydrogen-bond acceptors (Lipinski definition) is 3. The Kier molecular flexibility index (Phi) is 3.64. The van der Waals surface area contributed by atoms with Gasteiger partial charge in [0.1, 0.15) is 6.67 Å². The van der Waals surface area contributed by atoms with Crippen molar-refractivity contribution in [3.05, 3.63) is 0 Å². The molecule has 0 aliphatic carbocycles. The van der Waals surface area contributed by atoms with Crippen molar-refractivity contribution in [1.82, 2.24) is 4.90 Å². The summed E-state index contributed by atoms with van der Waals surface area (Å²) in [5, 5.41) is 8.96. The molecular weight excluding hydrogens is 173 g/mol. The number of aliphatic hydroxyl groups excluding tert-OH is 1. The van der Waals surface area contributed by atoms with Crippen LogP contribution in [0.15, 0.2) is 0 Å². The second-order valence-electron chi connectivity index (χ2n) is 4.11. The SMILES string of the molecule is CC1(C)CN(CCF)CC(CO)O1. The van der Waals surface area contributed by atoms with Gasteiger partial charge in [-0.05, 0) is 13.8 Å². The molecule has 1 aliphatic heterocycles. The minimum atomic E-state index is -0.339. The average Bonchev–Trinajstić information content (AvgIpc) is 2.02. The average molecular weight is 191 g/mol. The number of nitrogens with zero attached hydrogens (tertiary/aromatic N) is 1. The highest BCUT2D eigenvalue weighted by atomic mass is 19.1. The van der Waals surface area contributed by atoms with Crippen LogP contribution in [0, 0.1) is 0 Å². The van der Waals surface area contributed by atoms with Crippen LogP contribution in [0.3, 0.4) is 0 Å². The van der Waals surface area contributed by atoms with E-state index in [2.05, 4.69) is 0 Å². The van der Waals surface area contributed by atoms with E-state index >= 15 is 0 Å².